The fraction of sp³-hybridized carbons (Fsp3) is 1.00. The van der Waals surface area contributed by atoms with Gasteiger partial charge in [-0.05, 0) is 66.0 Å². The van der Waals surface area contributed by atoms with Crippen LogP contribution in [0.2, 0.25) is 0 Å². The van der Waals surface area contributed by atoms with Gasteiger partial charge < -0.3 is 20.2 Å². The minimum Gasteiger partial charge on any atom is -0.394 e. The van der Waals surface area contributed by atoms with Crippen molar-refractivity contribution >= 4 is 0 Å². The summed E-state index contributed by atoms with van der Waals surface area (Å²) < 4.78 is 0. The first-order valence-electron chi connectivity index (χ1n) is 7.23. The molecule has 2 N–H and O–H groups in total. The third kappa shape index (κ3) is 4.84. The van der Waals surface area contributed by atoms with Gasteiger partial charge in [0, 0.05) is 6.54 Å². The number of aliphatic hydroxyl groups is 1. The van der Waals surface area contributed by atoms with E-state index in [-0.39, 0.29) is 12.1 Å². The van der Waals surface area contributed by atoms with E-state index in [2.05, 4.69) is 43.2 Å². The zero-order valence-electron chi connectivity index (χ0n) is 12.6. The summed E-state index contributed by atoms with van der Waals surface area (Å²) in [4.78, 5) is 4.58. The van der Waals surface area contributed by atoms with Crippen molar-refractivity contribution in [3.8, 4) is 0 Å². The molecule has 18 heavy (non-hydrogen) atoms. The monoisotopic (exact) mass is 257 g/mol. The van der Waals surface area contributed by atoms with Gasteiger partial charge in [0.1, 0.15) is 0 Å². The van der Waals surface area contributed by atoms with Gasteiger partial charge >= 0.3 is 0 Å². The quantitative estimate of drug-likeness (QED) is 0.602. The van der Waals surface area contributed by atoms with E-state index in [4.69, 9.17) is 0 Å². The minimum absolute atomic E-state index is 0.0678. The first-order valence-corrected chi connectivity index (χ1v) is 7.23. The van der Waals surface area contributed by atoms with Crippen molar-refractivity contribution in [2.24, 2.45) is 5.92 Å². The molecule has 4 heteroatoms. The van der Waals surface area contributed by atoms with Crippen LogP contribution in [0.1, 0.15) is 26.2 Å². The van der Waals surface area contributed by atoms with E-state index in [0.717, 1.165) is 26.2 Å². The Balaban J connectivity index is 2.39. The number of hydrogen-bond donors (Lipinski definition) is 2. The molecule has 1 unspecified atom stereocenters. The van der Waals surface area contributed by atoms with Crippen molar-refractivity contribution < 1.29 is 5.11 Å². The first kappa shape index (κ1) is 15.9. The maximum Gasteiger partial charge on any atom is 0.0628 e. The summed E-state index contributed by atoms with van der Waals surface area (Å²) in [5, 5.41) is 13.3. The second-order valence-corrected chi connectivity index (χ2v) is 6.01. The van der Waals surface area contributed by atoms with E-state index in [1.807, 2.05) is 0 Å². The number of likely N-dealkylation sites (N-methyl/N-ethyl adjacent to an activating group) is 2. The number of nitrogens with one attached hydrogen (secondary N) is 1. The van der Waals surface area contributed by atoms with E-state index in [0.29, 0.717) is 5.92 Å². The van der Waals surface area contributed by atoms with Gasteiger partial charge in [-0.2, -0.15) is 0 Å². The Labute approximate surface area is 112 Å². The van der Waals surface area contributed by atoms with Crippen LogP contribution < -0.4 is 5.32 Å². The fourth-order valence-corrected chi connectivity index (χ4v) is 2.77. The molecule has 0 aromatic rings. The minimum atomic E-state index is -0.0678. The van der Waals surface area contributed by atoms with Crippen LogP contribution in [-0.4, -0.2) is 74.4 Å². The predicted octanol–water partition coefficient (Wildman–Crippen LogP) is 0.621. The van der Waals surface area contributed by atoms with Crippen molar-refractivity contribution in [2.45, 2.75) is 31.7 Å². The van der Waals surface area contributed by atoms with Crippen LogP contribution in [0.3, 0.4) is 0 Å². The summed E-state index contributed by atoms with van der Waals surface area (Å²) >= 11 is 0. The van der Waals surface area contributed by atoms with Gasteiger partial charge in [0.2, 0.25) is 0 Å². The molecule has 1 aliphatic rings. The Kier molecular flexibility index (Phi) is 6.57. The molecule has 0 aromatic heterocycles. The lowest BCUT2D eigenvalue weighted by Crippen LogP contribution is -2.57. The molecular formula is C14H31N3O. The molecule has 1 saturated carbocycles. The van der Waals surface area contributed by atoms with Crippen molar-refractivity contribution in [1.82, 2.24) is 15.1 Å². The second-order valence-electron chi connectivity index (χ2n) is 6.01. The summed E-state index contributed by atoms with van der Waals surface area (Å²) in [6.45, 7) is 6.49. The van der Waals surface area contributed by atoms with Crippen molar-refractivity contribution in [1.29, 1.82) is 0 Å². The molecule has 1 aliphatic carbocycles. The molecular weight excluding hydrogens is 226 g/mol. The van der Waals surface area contributed by atoms with Gasteiger partial charge in [0.05, 0.1) is 12.1 Å². The average Bonchev–Trinajstić information content (AvgIpc) is 3.12. The number of aliphatic hydroxyl groups excluding tert-OH is 1. The molecule has 1 fully saturated rings. The lowest BCUT2D eigenvalue weighted by molar-refractivity contribution is 0.101. The standard InChI is InChI=1S/C14H31N3O/c1-5-15-14(12-18,13-7-8-13)11-17(4)10-6-9-16(2)3/h13,15,18H,5-12H2,1-4H3. The van der Waals surface area contributed by atoms with Crippen LogP contribution >= 0.6 is 0 Å². The normalized spacial score (nSPS) is 19.5. The summed E-state index contributed by atoms with van der Waals surface area (Å²) in [6, 6.07) is 0. The van der Waals surface area contributed by atoms with Gasteiger partial charge in [-0.3, -0.25) is 0 Å². The van der Waals surface area contributed by atoms with Gasteiger partial charge in [-0.1, -0.05) is 6.92 Å². The van der Waals surface area contributed by atoms with Crippen LogP contribution in [0.25, 0.3) is 0 Å². The molecule has 0 heterocycles. The van der Waals surface area contributed by atoms with Crippen LogP contribution in [0.4, 0.5) is 0 Å². The highest BCUT2D eigenvalue weighted by molar-refractivity contribution is 5.02. The second kappa shape index (κ2) is 7.43. The van der Waals surface area contributed by atoms with Crippen LogP contribution in [0, 0.1) is 5.92 Å². The van der Waals surface area contributed by atoms with Gasteiger partial charge in [0.25, 0.3) is 0 Å². The Hall–Kier alpha value is -0.160. The average molecular weight is 257 g/mol. The molecule has 0 aromatic carbocycles. The highest BCUT2D eigenvalue weighted by Gasteiger charge is 2.44. The lowest BCUT2D eigenvalue weighted by atomic mass is 9.93. The van der Waals surface area contributed by atoms with E-state index in [9.17, 15) is 5.11 Å². The smallest absolute Gasteiger partial charge is 0.0628 e. The van der Waals surface area contributed by atoms with Crippen molar-refractivity contribution in [2.75, 3.05) is 53.9 Å². The largest absolute Gasteiger partial charge is 0.394 e. The Morgan fingerprint density at radius 1 is 1.22 bits per heavy atom. The molecule has 1 atom stereocenters. The Morgan fingerprint density at radius 2 is 1.89 bits per heavy atom. The number of hydrogen-bond acceptors (Lipinski definition) is 4. The van der Waals surface area contributed by atoms with E-state index < -0.39 is 0 Å². The molecule has 0 amide bonds. The maximum absolute atomic E-state index is 9.78. The maximum atomic E-state index is 9.78. The SMILES string of the molecule is CCNC(CO)(CN(C)CCCN(C)C)C1CC1. The van der Waals surface area contributed by atoms with Crippen molar-refractivity contribution in [3.05, 3.63) is 0 Å². The summed E-state index contributed by atoms with van der Waals surface area (Å²) in [7, 11) is 6.39. The molecule has 1 rings (SSSR count). The molecule has 108 valence electrons. The van der Waals surface area contributed by atoms with Gasteiger partial charge in [0.15, 0.2) is 0 Å². The molecule has 4 nitrogen and oxygen atoms in total. The Morgan fingerprint density at radius 3 is 2.33 bits per heavy atom. The zero-order valence-corrected chi connectivity index (χ0v) is 12.6. The number of rotatable bonds is 10. The van der Waals surface area contributed by atoms with Crippen LogP contribution in [0.15, 0.2) is 0 Å². The fourth-order valence-electron chi connectivity index (χ4n) is 2.77. The van der Waals surface area contributed by atoms with Crippen LogP contribution in [-0.2, 0) is 0 Å². The topological polar surface area (TPSA) is 38.7 Å². The molecule has 0 spiro atoms. The highest BCUT2D eigenvalue weighted by atomic mass is 16.3. The lowest BCUT2D eigenvalue weighted by Gasteiger charge is -2.37. The Bertz CT molecular complexity index is 231. The van der Waals surface area contributed by atoms with Gasteiger partial charge in [-0.25, -0.2) is 0 Å². The number of nitrogens with zero attached hydrogens (tertiary/aromatic N) is 2. The third-order valence-electron chi connectivity index (χ3n) is 3.87. The molecule has 0 radical (unpaired) electrons. The van der Waals surface area contributed by atoms with Crippen molar-refractivity contribution in [3.63, 3.8) is 0 Å². The zero-order chi connectivity index (χ0) is 13.6. The van der Waals surface area contributed by atoms with E-state index >= 15 is 0 Å². The summed E-state index contributed by atoms with van der Waals surface area (Å²) in [5.41, 5.74) is -0.0678. The predicted molar refractivity (Wildman–Crippen MR) is 76.9 cm³/mol. The van der Waals surface area contributed by atoms with Crippen LogP contribution in [0.5, 0.6) is 0 Å². The van der Waals surface area contributed by atoms with Gasteiger partial charge in [-0.15, -0.1) is 0 Å². The van der Waals surface area contributed by atoms with E-state index in [1.165, 1.54) is 19.3 Å². The summed E-state index contributed by atoms with van der Waals surface area (Å²) in [6.07, 6.45) is 3.71. The van der Waals surface area contributed by atoms with E-state index in [1.54, 1.807) is 0 Å². The third-order valence-corrected chi connectivity index (χ3v) is 3.87. The summed E-state index contributed by atoms with van der Waals surface area (Å²) in [5.74, 6) is 0.666. The molecule has 0 bridgehead atoms. The molecule has 0 aliphatic heterocycles. The first-order chi connectivity index (χ1) is 8.54. The highest BCUT2D eigenvalue weighted by Crippen LogP contribution is 2.39. The molecule has 0 saturated heterocycles.